The molecule has 476 valence electrons. The van der Waals surface area contributed by atoms with E-state index in [4.69, 9.17) is 65.4 Å². The zero-order valence-electron chi connectivity index (χ0n) is 50.0. The molecule has 25 heteroatoms. The second-order valence-electron chi connectivity index (χ2n) is 22.9. The van der Waals surface area contributed by atoms with Crippen molar-refractivity contribution < 1.29 is 54.2 Å². The van der Waals surface area contributed by atoms with Crippen molar-refractivity contribution in [2.24, 2.45) is 5.92 Å². The van der Waals surface area contributed by atoms with Crippen LogP contribution >= 0.6 is 46.4 Å². The van der Waals surface area contributed by atoms with E-state index in [1.54, 1.807) is 24.3 Å². The summed E-state index contributed by atoms with van der Waals surface area (Å²) in [5.41, 5.74) is 3.42. The van der Waals surface area contributed by atoms with Crippen LogP contribution in [0.4, 0.5) is 13.6 Å². The van der Waals surface area contributed by atoms with Crippen molar-refractivity contribution in [1.29, 1.82) is 0 Å². The molecule has 17 nitrogen and oxygen atoms in total. The maximum atomic E-state index is 15.3. The second-order valence-corrected chi connectivity index (χ2v) is 28.3. The number of nitrogens with one attached hydrogen (secondary N) is 3. The molecule has 0 spiro atoms. The largest absolute Gasteiger partial charge is 0.481 e. The molecule has 2 heterocycles. The Morgan fingerprint density at radius 2 is 1.20 bits per heavy atom. The summed E-state index contributed by atoms with van der Waals surface area (Å²) in [6, 6.07) is 13.8. The maximum Gasteiger partial charge on any atom is 0.314 e. The van der Waals surface area contributed by atoms with Crippen molar-refractivity contribution in [3.8, 4) is 11.5 Å². The van der Waals surface area contributed by atoms with Gasteiger partial charge in [0.15, 0.2) is 33.0 Å². The number of carbonyl (C=O) groups excluding carboxylic acids is 2. The number of urea groups is 1. The third-order valence-corrected chi connectivity index (χ3v) is 20.6. The number of sulfone groups is 1. The zero-order chi connectivity index (χ0) is 62.3. The molecule has 4 aliphatic rings. The van der Waals surface area contributed by atoms with Crippen LogP contribution in [0.25, 0.3) is 0 Å². The summed E-state index contributed by atoms with van der Waals surface area (Å²) in [5.74, 6) is -1.24. The molecule has 2 fully saturated rings. The fourth-order valence-electron chi connectivity index (χ4n) is 11.5. The predicted octanol–water partition coefficient (Wildman–Crippen LogP) is 10.2. The van der Waals surface area contributed by atoms with Gasteiger partial charge in [-0.1, -0.05) is 59.7 Å². The van der Waals surface area contributed by atoms with Crippen molar-refractivity contribution >= 4 is 78.1 Å². The number of benzene rings is 4. The lowest BCUT2D eigenvalue weighted by Crippen LogP contribution is -2.38. The molecule has 4 aromatic carbocycles. The van der Waals surface area contributed by atoms with Crippen LogP contribution in [0.3, 0.4) is 0 Å². The molecule has 0 bridgehead atoms. The standard InChI is InChI=1S/C35H50Cl2FN5O6S.C26H33Cl2FN2O4S/c1-4-8-26(44)9-6-5-7-13-39-35(45)40-14-17-48-18-16-43-15-12-25(23-43)41-50(46,47)27-10-11-33(31(38)21-27)49-34-29-19-24(36)20-30(37)28(29)22-32(34)42(2)3;1-4-34-10-9-31-8-7-17(15-31)16-36(32,33)19-5-6-25(23(29)13-19)35-26-21-11-18(27)12-22(28)20(21)14-24(26)30(2)3/h10-11,19-21,25,32,34,41H,4-9,12-18,22-23H2,1-3H3,(H2,39,40,45);5-6,11-13,17,24,26H,4,7-10,14-16H2,1-3H3/t25-,32-,34-;17-,24-,26-/m00/s1. The van der Waals surface area contributed by atoms with Crippen LogP contribution in [0, 0.1) is 17.6 Å². The van der Waals surface area contributed by atoms with Crippen LogP contribution in [0.1, 0.15) is 99.7 Å². The monoisotopic (exact) mass is 1320 g/mol. The van der Waals surface area contributed by atoms with Gasteiger partial charge in [-0.25, -0.2) is 35.1 Å². The predicted molar refractivity (Wildman–Crippen MR) is 334 cm³/mol. The summed E-state index contributed by atoms with van der Waals surface area (Å²) < 4.78 is 109. The molecule has 3 N–H and O–H groups in total. The summed E-state index contributed by atoms with van der Waals surface area (Å²) in [7, 11) is 0.0443. The summed E-state index contributed by atoms with van der Waals surface area (Å²) >= 11 is 25.4. The Hall–Kier alpha value is -3.94. The van der Waals surface area contributed by atoms with Crippen LogP contribution in [0.2, 0.25) is 20.1 Å². The lowest BCUT2D eigenvalue weighted by atomic mass is 10.1. The van der Waals surface area contributed by atoms with E-state index in [2.05, 4.69) is 25.2 Å². The van der Waals surface area contributed by atoms with E-state index in [0.717, 1.165) is 79.6 Å². The van der Waals surface area contributed by atoms with Gasteiger partial charge < -0.3 is 44.3 Å². The number of sulfonamides is 1. The highest BCUT2D eigenvalue weighted by atomic mass is 35.5. The van der Waals surface area contributed by atoms with E-state index in [1.807, 2.05) is 51.8 Å². The van der Waals surface area contributed by atoms with Crippen LogP contribution in [-0.2, 0) is 47.0 Å². The van der Waals surface area contributed by atoms with Crippen molar-refractivity contribution in [2.75, 3.05) is 113 Å². The summed E-state index contributed by atoms with van der Waals surface area (Å²) in [5, 5.41) is 7.59. The van der Waals surface area contributed by atoms with Crippen LogP contribution in [-0.4, -0.2) is 179 Å². The number of hydrogen-bond donors (Lipinski definition) is 3. The topological polar surface area (TPSA) is 188 Å². The number of halogens is 6. The Bertz CT molecular complexity index is 3170. The Balaban J connectivity index is 0.000000259. The number of Topliss-reactive ketones (excluding diaryl/α,β-unsaturated/α-hetero) is 1. The maximum absolute atomic E-state index is 15.3. The highest BCUT2D eigenvalue weighted by Gasteiger charge is 2.40. The molecule has 6 atom stereocenters. The van der Waals surface area contributed by atoms with Crippen molar-refractivity contribution in [2.45, 2.75) is 118 Å². The number of nitrogens with zero attached hydrogens (tertiary/aromatic N) is 4. The molecule has 2 saturated heterocycles. The van der Waals surface area contributed by atoms with Crippen LogP contribution < -0.4 is 24.8 Å². The number of unbranched alkanes of at least 4 members (excludes halogenated alkanes) is 2. The number of hydrogen-bond acceptors (Lipinski definition) is 14. The molecule has 0 radical (unpaired) electrons. The van der Waals surface area contributed by atoms with Crippen LogP contribution in [0.15, 0.2) is 70.5 Å². The molecular formula is C61H83Cl4F2N7O10S2. The van der Waals surface area contributed by atoms with Crippen molar-refractivity contribution in [3.63, 3.8) is 0 Å². The first-order chi connectivity index (χ1) is 41.0. The number of rotatable bonds is 30. The second kappa shape index (κ2) is 32.7. The normalized spacial score (nSPS) is 20.5. The van der Waals surface area contributed by atoms with Gasteiger partial charge in [0.25, 0.3) is 0 Å². The Labute approximate surface area is 526 Å². The Morgan fingerprint density at radius 3 is 1.77 bits per heavy atom. The van der Waals surface area contributed by atoms with E-state index in [9.17, 15) is 26.4 Å². The molecule has 2 aliphatic heterocycles. The van der Waals surface area contributed by atoms with E-state index < -0.39 is 43.7 Å². The fraction of sp³-hybridized carbons (Fsp3) is 0.574. The third-order valence-electron chi connectivity index (χ3n) is 16.0. The molecule has 86 heavy (non-hydrogen) atoms. The minimum atomic E-state index is -3.98. The van der Waals surface area contributed by atoms with Gasteiger partial charge in [-0.15, -0.1) is 0 Å². The number of amides is 2. The first kappa shape index (κ1) is 69.5. The third kappa shape index (κ3) is 19.5. The van der Waals surface area contributed by atoms with Crippen LogP contribution in [0.5, 0.6) is 11.5 Å². The number of carbonyl (C=O) groups is 2. The minimum absolute atomic E-state index is 0.00212. The lowest BCUT2D eigenvalue weighted by Gasteiger charge is -2.27. The van der Waals surface area contributed by atoms with Gasteiger partial charge in [-0.2, -0.15) is 0 Å². The number of likely N-dealkylation sites (N-methyl/N-ethyl adjacent to an activating group) is 2. The van der Waals surface area contributed by atoms with Gasteiger partial charge in [0.05, 0.1) is 47.4 Å². The molecule has 4 aromatic rings. The minimum Gasteiger partial charge on any atom is -0.481 e. The fourth-order valence-corrected chi connectivity index (χ4v) is 15.5. The van der Waals surface area contributed by atoms with Crippen molar-refractivity contribution in [3.05, 3.63) is 115 Å². The first-order valence-electron chi connectivity index (χ1n) is 29.6. The van der Waals surface area contributed by atoms with Gasteiger partial charge in [0.2, 0.25) is 10.0 Å². The van der Waals surface area contributed by atoms with Gasteiger partial charge >= 0.3 is 6.03 Å². The van der Waals surface area contributed by atoms with Gasteiger partial charge in [-0.3, -0.25) is 9.69 Å². The molecule has 8 rings (SSSR count). The smallest absolute Gasteiger partial charge is 0.314 e. The molecule has 0 unspecified atom stereocenters. The summed E-state index contributed by atoms with van der Waals surface area (Å²) in [4.78, 5) is 31.6. The lowest BCUT2D eigenvalue weighted by molar-refractivity contribution is -0.119. The number of likely N-dealkylation sites (tertiary alicyclic amines) is 2. The Morgan fingerprint density at radius 1 is 0.651 bits per heavy atom. The quantitative estimate of drug-likeness (QED) is 0.0418. The molecule has 2 amide bonds. The molecule has 2 aliphatic carbocycles. The van der Waals surface area contributed by atoms with Gasteiger partial charge in [-0.05, 0) is 171 Å². The first-order valence-corrected chi connectivity index (χ1v) is 34.2. The summed E-state index contributed by atoms with van der Waals surface area (Å²) in [6.45, 7) is 11.1. The number of ketones is 1. The van der Waals surface area contributed by atoms with E-state index in [-0.39, 0.29) is 57.1 Å². The SMILES string of the molecule is CCCC(=O)CCCCCNC(=O)NCCOCCN1CC[C@H](NS(=O)(=O)c2ccc(O[C@H]3c4cc(Cl)cc(Cl)c4C[C@@H]3N(C)C)c(F)c2)C1.CCOCCN1CC[C@H](CS(=O)(=O)c2ccc(O[C@H]3c4cc(Cl)cc(Cl)c4C[C@@H]3N(C)C)c(F)c2)C1. The molecule has 0 aromatic heterocycles. The Kier molecular flexibility index (Phi) is 26.4. The van der Waals surface area contributed by atoms with E-state index in [1.165, 1.54) is 24.3 Å². The average Bonchev–Trinajstić information content (AvgIpc) is 1.90. The number of fused-ring (bicyclic) bond motifs is 2. The van der Waals surface area contributed by atoms with Gasteiger partial charge in [0.1, 0.15) is 18.0 Å². The molecule has 0 saturated carbocycles. The highest BCUT2D eigenvalue weighted by Crippen LogP contribution is 2.44. The average molecular weight is 1320 g/mol. The zero-order valence-corrected chi connectivity index (χ0v) is 54.6. The van der Waals surface area contributed by atoms with Crippen molar-refractivity contribution in [1.82, 2.24) is 35.0 Å². The van der Waals surface area contributed by atoms with Gasteiger partial charge in [0, 0.05) is 96.0 Å². The number of ether oxygens (including phenoxy) is 4. The van der Waals surface area contributed by atoms with E-state index >= 15 is 8.78 Å². The highest BCUT2D eigenvalue weighted by molar-refractivity contribution is 7.91. The van der Waals surface area contributed by atoms with E-state index in [0.29, 0.717) is 124 Å². The molecular weight excluding hydrogens is 1230 g/mol. The summed E-state index contributed by atoms with van der Waals surface area (Å²) in [6.07, 6.45) is 6.33.